The number of phenols is 1. The van der Waals surface area contributed by atoms with Gasteiger partial charge >= 0.3 is 0 Å². The third kappa shape index (κ3) is 3.57. The highest BCUT2D eigenvalue weighted by atomic mass is 16.3. The van der Waals surface area contributed by atoms with Gasteiger partial charge in [0.1, 0.15) is 5.75 Å². The molecule has 0 saturated carbocycles. The first-order chi connectivity index (χ1) is 12.1. The molecule has 1 aliphatic rings. The van der Waals surface area contributed by atoms with Gasteiger partial charge < -0.3 is 14.6 Å². The molecule has 2 atom stereocenters. The van der Waals surface area contributed by atoms with Crippen LogP contribution in [0.4, 0.5) is 0 Å². The van der Waals surface area contributed by atoms with Crippen molar-refractivity contribution in [1.82, 2.24) is 14.5 Å². The number of aromatic hydroxyl groups is 1. The fourth-order valence-corrected chi connectivity index (χ4v) is 3.60. The molecule has 1 amide bonds. The lowest BCUT2D eigenvalue weighted by molar-refractivity contribution is -0.140. The molecule has 6 nitrogen and oxygen atoms in total. The standard InChI is InChI=1S/C19H23N3O3/c1-2-5-16-17(14-6-3-7-15(23)12-14)18(24)19(25)22(16)10-4-9-21-11-8-20-13-21/h3,6-8,11-13,16-17,23H,2,4-5,9-10H2,1H3. The van der Waals surface area contributed by atoms with Crippen LogP contribution in [-0.4, -0.2) is 43.8 Å². The van der Waals surface area contributed by atoms with Crippen molar-refractivity contribution in [3.05, 3.63) is 48.5 Å². The number of carbonyl (C=O) groups is 2. The number of likely N-dealkylation sites (tertiary alicyclic amines) is 1. The normalized spacial score (nSPS) is 20.4. The lowest BCUT2D eigenvalue weighted by Crippen LogP contribution is -2.36. The van der Waals surface area contributed by atoms with Crippen molar-refractivity contribution < 1.29 is 14.7 Å². The van der Waals surface area contributed by atoms with Crippen molar-refractivity contribution in [2.45, 2.75) is 44.7 Å². The van der Waals surface area contributed by atoms with Gasteiger partial charge in [-0.25, -0.2) is 4.98 Å². The zero-order chi connectivity index (χ0) is 17.8. The number of imidazole rings is 1. The van der Waals surface area contributed by atoms with Gasteiger partial charge in [-0.3, -0.25) is 9.59 Å². The van der Waals surface area contributed by atoms with Gasteiger partial charge in [-0.2, -0.15) is 0 Å². The summed E-state index contributed by atoms with van der Waals surface area (Å²) in [6, 6.07) is 6.55. The highest BCUT2D eigenvalue weighted by Crippen LogP contribution is 2.35. The van der Waals surface area contributed by atoms with Crippen LogP contribution in [0, 0.1) is 0 Å². The van der Waals surface area contributed by atoms with Gasteiger partial charge in [0.15, 0.2) is 0 Å². The minimum atomic E-state index is -0.493. The van der Waals surface area contributed by atoms with Crippen molar-refractivity contribution in [3.8, 4) is 5.75 Å². The predicted octanol–water partition coefficient (Wildman–Crippen LogP) is 2.34. The smallest absolute Gasteiger partial charge is 0.290 e. The Morgan fingerprint density at radius 1 is 1.24 bits per heavy atom. The average molecular weight is 341 g/mol. The maximum Gasteiger partial charge on any atom is 0.290 e. The minimum Gasteiger partial charge on any atom is -0.508 e. The van der Waals surface area contributed by atoms with E-state index in [0.29, 0.717) is 12.1 Å². The molecule has 2 unspecified atom stereocenters. The molecule has 25 heavy (non-hydrogen) atoms. The SMILES string of the molecule is CCCC1C(c2cccc(O)c2)C(=O)C(=O)N1CCCn1ccnc1. The summed E-state index contributed by atoms with van der Waals surface area (Å²) >= 11 is 0. The van der Waals surface area contributed by atoms with Gasteiger partial charge in [0.25, 0.3) is 5.91 Å². The van der Waals surface area contributed by atoms with Gasteiger partial charge in [-0.05, 0) is 30.5 Å². The van der Waals surface area contributed by atoms with E-state index in [1.165, 1.54) is 0 Å². The van der Waals surface area contributed by atoms with Gasteiger partial charge in [-0.15, -0.1) is 0 Å². The molecule has 3 rings (SSSR count). The number of Topliss-reactive ketones (excluding diaryl/α,β-unsaturated/α-hetero) is 1. The van der Waals surface area contributed by atoms with Gasteiger partial charge in [0.05, 0.1) is 12.2 Å². The first kappa shape index (κ1) is 17.2. The Morgan fingerprint density at radius 3 is 2.76 bits per heavy atom. The second-order valence-corrected chi connectivity index (χ2v) is 6.45. The summed E-state index contributed by atoms with van der Waals surface area (Å²) in [5.41, 5.74) is 0.717. The fourth-order valence-electron chi connectivity index (χ4n) is 3.60. The lowest BCUT2D eigenvalue weighted by Gasteiger charge is -2.27. The molecular weight excluding hydrogens is 318 g/mol. The molecule has 0 spiro atoms. The Labute approximate surface area is 147 Å². The summed E-state index contributed by atoms with van der Waals surface area (Å²) in [5, 5.41) is 9.74. The Morgan fingerprint density at radius 2 is 2.08 bits per heavy atom. The molecule has 1 aromatic heterocycles. The number of phenolic OH excluding ortho intramolecular Hbond substituents is 1. The van der Waals surface area contributed by atoms with Crippen LogP contribution < -0.4 is 0 Å². The first-order valence-corrected chi connectivity index (χ1v) is 8.71. The van der Waals surface area contributed by atoms with Crippen molar-refractivity contribution >= 4 is 11.7 Å². The summed E-state index contributed by atoms with van der Waals surface area (Å²) in [6.45, 7) is 3.35. The van der Waals surface area contributed by atoms with Crippen LogP contribution in [0.15, 0.2) is 43.0 Å². The van der Waals surface area contributed by atoms with Crippen molar-refractivity contribution in [1.29, 1.82) is 0 Å². The largest absolute Gasteiger partial charge is 0.508 e. The molecule has 1 N–H and O–H groups in total. The van der Waals surface area contributed by atoms with Crippen molar-refractivity contribution in [2.75, 3.05) is 6.54 Å². The molecule has 1 fully saturated rings. The van der Waals surface area contributed by atoms with E-state index in [2.05, 4.69) is 11.9 Å². The molecule has 0 aliphatic carbocycles. The number of hydrogen-bond donors (Lipinski definition) is 1. The Hall–Kier alpha value is -2.63. The number of benzene rings is 1. The fraction of sp³-hybridized carbons (Fsp3) is 0.421. The number of rotatable bonds is 7. The summed E-state index contributed by atoms with van der Waals surface area (Å²) in [5.74, 6) is -1.15. The highest BCUT2D eigenvalue weighted by Gasteiger charge is 2.47. The molecular formula is C19H23N3O3. The van der Waals surface area contributed by atoms with Crippen molar-refractivity contribution in [2.24, 2.45) is 0 Å². The number of nitrogens with zero attached hydrogens (tertiary/aromatic N) is 3. The van der Waals surface area contributed by atoms with Crippen molar-refractivity contribution in [3.63, 3.8) is 0 Å². The van der Waals surface area contributed by atoms with Crippen LogP contribution >= 0.6 is 0 Å². The summed E-state index contributed by atoms with van der Waals surface area (Å²) in [7, 11) is 0. The molecule has 2 heterocycles. The maximum absolute atomic E-state index is 12.6. The zero-order valence-electron chi connectivity index (χ0n) is 14.3. The van der Waals surface area contributed by atoms with E-state index < -0.39 is 11.8 Å². The lowest BCUT2D eigenvalue weighted by atomic mass is 9.88. The predicted molar refractivity (Wildman–Crippen MR) is 93.1 cm³/mol. The Bertz CT molecular complexity index is 742. The molecule has 0 radical (unpaired) electrons. The molecule has 1 aliphatic heterocycles. The third-order valence-electron chi connectivity index (χ3n) is 4.73. The van der Waals surface area contributed by atoms with Crippen LogP contribution in [-0.2, 0) is 16.1 Å². The molecule has 6 heteroatoms. The first-order valence-electron chi connectivity index (χ1n) is 8.71. The summed E-state index contributed by atoms with van der Waals surface area (Å²) < 4.78 is 1.96. The molecule has 1 aromatic carbocycles. The van der Waals surface area contributed by atoms with E-state index >= 15 is 0 Å². The van der Waals surface area contributed by atoms with E-state index in [0.717, 1.165) is 25.8 Å². The number of ketones is 1. The number of hydrogen-bond acceptors (Lipinski definition) is 4. The highest BCUT2D eigenvalue weighted by molar-refractivity contribution is 6.40. The van der Waals surface area contributed by atoms with Crippen LogP contribution in [0.25, 0.3) is 0 Å². The topological polar surface area (TPSA) is 75.4 Å². The zero-order valence-corrected chi connectivity index (χ0v) is 14.3. The summed E-state index contributed by atoms with van der Waals surface area (Å²) in [6.07, 6.45) is 7.78. The third-order valence-corrected chi connectivity index (χ3v) is 4.73. The van der Waals surface area contributed by atoms with E-state index in [1.54, 1.807) is 35.6 Å². The number of aryl methyl sites for hydroxylation is 1. The van der Waals surface area contributed by atoms with Crippen LogP contribution in [0.1, 0.15) is 37.7 Å². The van der Waals surface area contributed by atoms with E-state index in [4.69, 9.17) is 0 Å². The van der Waals surface area contributed by atoms with E-state index in [1.807, 2.05) is 16.8 Å². The van der Waals surface area contributed by atoms with Crippen LogP contribution in [0.2, 0.25) is 0 Å². The summed E-state index contributed by atoms with van der Waals surface area (Å²) in [4.78, 5) is 30.9. The number of aromatic nitrogens is 2. The molecule has 132 valence electrons. The second-order valence-electron chi connectivity index (χ2n) is 6.45. The molecule has 2 aromatic rings. The van der Waals surface area contributed by atoms with Gasteiger partial charge in [-0.1, -0.05) is 25.5 Å². The average Bonchev–Trinajstić information content (AvgIpc) is 3.18. The Balaban J connectivity index is 1.77. The monoisotopic (exact) mass is 341 g/mol. The number of amides is 1. The molecule has 1 saturated heterocycles. The van der Waals surface area contributed by atoms with E-state index in [-0.39, 0.29) is 17.6 Å². The van der Waals surface area contributed by atoms with Crippen LogP contribution in [0.5, 0.6) is 5.75 Å². The number of carbonyl (C=O) groups excluding carboxylic acids is 2. The quantitative estimate of drug-likeness (QED) is 0.785. The second kappa shape index (κ2) is 7.51. The Kier molecular flexibility index (Phi) is 5.16. The van der Waals surface area contributed by atoms with Gasteiger partial charge in [0, 0.05) is 31.5 Å². The minimum absolute atomic E-state index is 0.117. The van der Waals surface area contributed by atoms with Crippen LogP contribution in [0.3, 0.4) is 0 Å². The maximum atomic E-state index is 12.6. The van der Waals surface area contributed by atoms with Gasteiger partial charge in [0.2, 0.25) is 5.78 Å². The van der Waals surface area contributed by atoms with E-state index in [9.17, 15) is 14.7 Å². The molecule has 0 bridgehead atoms.